The highest BCUT2D eigenvalue weighted by Gasteiger charge is 2.41. The lowest BCUT2D eigenvalue weighted by Crippen LogP contribution is -2.42. The molecule has 1 saturated heterocycles. The average molecular weight is 470 g/mol. The molecular formula is C19H20BrNO6S. The monoisotopic (exact) mass is 469 g/mol. The zero-order chi connectivity index (χ0) is 20.8. The summed E-state index contributed by atoms with van der Waals surface area (Å²) in [4.78, 5) is 37.7. The van der Waals surface area contributed by atoms with Gasteiger partial charge in [-0.15, -0.1) is 0 Å². The molecule has 1 aliphatic heterocycles. The molecule has 0 aromatic heterocycles. The van der Waals surface area contributed by atoms with Crippen LogP contribution in [0.3, 0.4) is 0 Å². The van der Waals surface area contributed by atoms with Gasteiger partial charge in [0.2, 0.25) is 0 Å². The van der Waals surface area contributed by atoms with Crippen LogP contribution in [0.15, 0.2) is 34.2 Å². The second kappa shape index (κ2) is 9.79. The number of amides is 2. The second-order valence-corrected chi connectivity index (χ2v) is 7.45. The Hall–Kier alpha value is -2.26. The van der Waals surface area contributed by atoms with E-state index in [1.165, 1.54) is 14.0 Å². The standard InChI is InChI=1S/C19H20BrNO6S/c1-5-7-27-15-10-13(20)12(8-14(15)26-6-2)9-16-17(22)21(19(24)28-16)11(3)18(23)25-4/h5,8-11H,1,6-7H2,2-4H3/b16-9+/t11-/m1/s1. The number of hydrogen-bond donors (Lipinski definition) is 0. The van der Waals surface area contributed by atoms with Crippen molar-refractivity contribution < 1.29 is 28.6 Å². The second-order valence-electron chi connectivity index (χ2n) is 5.60. The van der Waals surface area contributed by atoms with E-state index in [1.54, 1.807) is 24.3 Å². The minimum absolute atomic E-state index is 0.198. The van der Waals surface area contributed by atoms with Gasteiger partial charge in [-0.2, -0.15) is 0 Å². The van der Waals surface area contributed by atoms with E-state index in [1.807, 2.05) is 6.92 Å². The molecule has 0 N–H and O–H groups in total. The molecule has 1 aromatic rings. The third-order valence-electron chi connectivity index (χ3n) is 3.76. The molecule has 2 rings (SSSR count). The largest absolute Gasteiger partial charge is 0.490 e. The number of ether oxygens (including phenoxy) is 3. The van der Waals surface area contributed by atoms with Crippen LogP contribution in [0.5, 0.6) is 11.5 Å². The lowest BCUT2D eigenvalue weighted by Gasteiger charge is -2.18. The molecule has 0 aliphatic carbocycles. The molecule has 0 unspecified atom stereocenters. The summed E-state index contributed by atoms with van der Waals surface area (Å²) < 4.78 is 16.5. The maximum absolute atomic E-state index is 12.6. The number of halogens is 1. The van der Waals surface area contributed by atoms with Crippen LogP contribution in [0, 0.1) is 0 Å². The van der Waals surface area contributed by atoms with Crippen molar-refractivity contribution in [1.82, 2.24) is 4.90 Å². The van der Waals surface area contributed by atoms with Crippen molar-refractivity contribution in [3.8, 4) is 11.5 Å². The summed E-state index contributed by atoms with van der Waals surface area (Å²) in [5.41, 5.74) is 0.630. The fourth-order valence-electron chi connectivity index (χ4n) is 2.42. The third-order valence-corrected chi connectivity index (χ3v) is 5.33. The molecule has 1 heterocycles. The normalized spacial score (nSPS) is 16.3. The molecule has 9 heteroatoms. The highest BCUT2D eigenvalue weighted by atomic mass is 79.9. The van der Waals surface area contributed by atoms with E-state index in [-0.39, 0.29) is 4.91 Å². The van der Waals surface area contributed by atoms with E-state index in [0.29, 0.717) is 34.7 Å². The molecule has 0 spiro atoms. The molecule has 1 aromatic carbocycles. The van der Waals surface area contributed by atoms with E-state index < -0.39 is 23.2 Å². The van der Waals surface area contributed by atoms with Crippen LogP contribution in [0.1, 0.15) is 19.4 Å². The molecule has 0 saturated carbocycles. The van der Waals surface area contributed by atoms with Gasteiger partial charge in [-0.3, -0.25) is 14.5 Å². The molecule has 28 heavy (non-hydrogen) atoms. The van der Waals surface area contributed by atoms with Gasteiger partial charge in [0.1, 0.15) is 12.6 Å². The van der Waals surface area contributed by atoms with Crippen LogP contribution in [0.25, 0.3) is 6.08 Å². The minimum Gasteiger partial charge on any atom is -0.490 e. The molecule has 1 aliphatic rings. The summed E-state index contributed by atoms with van der Waals surface area (Å²) in [5.74, 6) is -0.184. The fraction of sp³-hybridized carbons (Fsp3) is 0.316. The number of methoxy groups -OCH3 is 1. The summed E-state index contributed by atoms with van der Waals surface area (Å²) >= 11 is 4.21. The summed E-state index contributed by atoms with van der Waals surface area (Å²) in [6.07, 6.45) is 3.19. The van der Waals surface area contributed by atoms with Gasteiger partial charge in [0.25, 0.3) is 11.1 Å². The van der Waals surface area contributed by atoms with Crippen LogP contribution < -0.4 is 9.47 Å². The summed E-state index contributed by atoms with van der Waals surface area (Å²) in [5, 5.41) is -0.527. The maximum Gasteiger partial charge on any atom is 0.328 e. The minimum atomic E-state index is -1.000. The molecule has 2 amide bonds. The van der Waals surface area contributed by atoms with Gasteiger partial charge in [0.05, 0.1) is 18.6 Å². The number of benzene rings is 1. The number of hydrogen-bond acceptors (Lipinski definition) is 7. The molecule has 0 radical (unpaired) electrons. The Bertz CT molecular complexity index is 838. The van der Waals surface area contributed by atoms with Crippen LogP contribution in [0.4, 0.5) is 4.79 Å². The van der Waals surface area contributed by atoms with Crippen molar-refractivity contribution in [2.45, 2.75) is 19.9 Å². The van der Waals surface area contributed by atoms with Crippen LogP contribution >= 0.6 is 27.7 Å². The van der Waals surface area contributed by atoms with Gasteiger partial charge in [0.15, 0.2) is 11.5 Å². The number of carbonyl (C=O) groups is 3. The predicted octanol–water partition coefficient (Wildman–Crippen LogP) is 4.01. The third kappa shape index (κ3) is 4.77. The van der Waals surface area contributed by atoms with Crippen molar-refractivity contribution in [1.29, 1.82) is 0 Å². The van der Waals surface area contributed by atoms with Crippen molar-refractivity contribution >= 4 is 50.9 Å². The van der Waals surface area contributed by atoms with Crippen molar-refractivity contribution in [3.63, 3.8) is 0 Å². The number of carbonyl (C=O) groups excluding carboxylic acids is 3. The highest BCUT2D eigenvalue weighted by molar-refractivity contribution is 9.10. The lowest BCUT2D eigenvalue weighted by atomic mass is 10.1. The Kier molecular flexibility index (Phi) is 7.70. The topological polar surface area (TPSA) is 82.1 Å². The Morgan fingerprint density at radius 1 is 1.32 bits per heavy atom. The predicted molar refractivity (Wildman–Crippen MR) is 110 cm³/mol. The van der Waals surface area contributed by atoms with E-state index in [4.69, 9.17) is 9.47 Å². The van der Waals surface area contributed by atoms with Gasteiger partial charge >= 0.3 is 5.97 Å². The highest BCUT2D eigenvalue weighted by Crippen LogP contribution is 2.38. The molecule has 1 atom stereocenters. The first-order valence-corrected chi connectivity index (χ1v) is 9.99. The number of imide groups is 1. The SMILES string of the molecule is C=CCOc1cc(Br)c(/C=C2/SC(=O)N([C@H](C)C(=O)OC)C2=O)cc1OCC. The van der Waals surface area contributed by atoms with Crippen molar-refractivity contribution in [3.05, 3.63) is 39.7 Å². The van der Waals surface area contributed by atoms with Gasteiger partial charge in [0, 0.05) is 4.47 Å². The Labute approximate surface area is 175 Å². The van der Waals surface area contributed by atoms with Crippen LogP contribution in [0.2, 0.25) is 0 Å². The first kappa shape index (κ1) is 22.0. The number of esters is 1. The summed E-state index contributed by atoms with van der Waals surface area (Å²) in [6.45, 7) is 7.65. The first-order chi connectivity index (χ1) is 13.3. The smallest absolute Gasteiger partial charge is 0.328 e. The molecule has 7 nitrogen and oxygen atoms in total. The van der Waals surface area contributed by atoms with E-state index >= 15 is 0 Å². The zero-order valence-electron chi connectivity index (χ0n) is 15.7. The number of thioether (sulfide) groups is 1. The molecular weight excluding hydrogens is 450 g/mol. The van der Waals surface area contributed by atoms with Gasteiger partial charge in [-0.05, 0) is 49.4 Å². The number of rotatable bonds is 8. The van der Waals surface area contributed by atoms with Crippen molar-refractivity contribution in [2.75, 3.05) is 20.3 Å². The zero-order valence-corrected chi connectivity index (χ0v) is 18.1. The maximum atomic E-state index is 12.6. The van der Waals surface area contributed by atoms with Crippen LogP contribution in [-0.4, -0.2) is 48.4 Å². The van der Waals surface area contributed by atoms with Gasteiger partial charge in [-0.1, -0.05) is 28.6 Å². The van der Waals surface area contributed by atoms with Gasteiger partial charge in [-0.25, -0.2) is 4.79 Å². The van der Waals surface area contributed by atoms with Crippen molar-refractivity contribution in [2.24, 2.45) is 0 Å². The van der Waals surface area contributed by atoms with E-state index in [9.17, 15) is 14.4 Å². The number of nitrogens with zero attached hydrogens (tertiary/aromatic N) is 1. The van der Waals surface area contributed by atoms with Gasteiger partial charge < -0.3 is 14.2 Å². The Balaban J connectivity index is 2.37. The Morgan fingerprint density at radius 3 is 2.61 bits per heavy atom. The quantitative estimate of drug-likeness (QED) is 0.323. The molecule has 1 fully saturated rings. The lowest BCUT2D eigenvalue weighted by molar-refractivity contribution is -0.148. The van der Waals surface area contributed by atoms with E-state index in [2.05, 4.69) is 27.2 Å². The van der Waals surface area contributed by atoms with E-state index in [0.717, 1.165) is 16.7 Å². The average Bonchev–Trinajstić information content (AvgIpc) is 2.95. The summed E-state index contributed by atoms with van der Waals surface area (Å²) in [6, 6.07) is 2.44. The first-order valence-electron chi connectivity index (χ1n) is 8.38. The summed E-state index contributed by atoms with van der Waals surface area (Å²) in [7, 11) is 1.20. The fourth-order valence-corrected chi connectivity index (χ4v) is 3.76. The van der Waals surface area contributed by atoms with Crippen LogP contribution in [-0.2, 0) is 14.3 Å². The molecule has 0 bridgehead atoms. The Morgan fingerprint density at radius 2 is 2.00 bits per heavy atom. The molecule has 150 valence electrons.